The zero-order chi connectivity index (χ0) is 7.56. The van der Waals surface area contributed by atoms with Gasteiger partial charge < -0.3 is 9.47 Å². The van der Waals surface area contributed by atoms with Crippen molar-refractivity contribution in [1.82, 2.24) is 0 Å². The van der Waals surface area contributed by atoms with E-state index in [1.54, 1.807) is 0 Å². The summed E-state index contributed by atoms with van der Waals surface area (Å²) >= 11 is 0. The smallest absolute Gasteiger partial charge is 0.283 e. The Morgan fingerprint density at radius 1 is 1.70 bits per heavy atom. The van der Waals surface area contributed by atoms with E-state index in [1.807, 2.05) is 13.8 Å². The zero-order valence-corrected chi connectivity index (χ0v) is 6.09. The van der Waals surface area contributed by atoms with Gasteiger partial charge in [0, 0.05) is 0 Å². The molecule has 0 spiro atoms. The third kappa shape index (κ3) is 1.76. The van der Waals surface area contributed by atoms with Gasteiger partial charge in [0.2, 0.25) is 0 Å². The molecule has 1 aliphatic heterocycles. The molecular formula is C7H10O3. The summed E-state index contributed by atoms with van der Waals surface area (Å²) in [6, 6.07) is 0. The quantitative estimate of drug-likeness (QED) is 0.573. The van der Waals surface area contributed by atoms with Crippen LogP contribution in [-0.4, -0.2) is 18.5 Å². The summed E-state index contributed by atoms with van der Waals surface area (Å²) in [5.74, 6) is 0.315. The molecule has 0 N–H and O–H groups in total. The highest BCUT2D eigenvalue weighted by molar-refractivity contribution is 5.92. The van der Waals surface area contributed by atoms with E-state index in [2.05, 4.69) is 0 Å². The van der Waals surface area contributed by atoms with Crippen molar-refractivity contribution in [2.45, 2.75) is 20.0 Å². The first-order valence-electron chi connectivity index (χ1n) is 3.22. The molecule has 56 valence electrons. The Bertz CT molecular complexity index is 170. The number of hydrogen-bond acceptors (Lipinski definition) is 3. The number of ether oxygens (including phenoxy) is 2. The fourth-order valence-corrected chi connectivity index (χ4v) is 0.657. The summed E-state index contributed by atoms with van der Waals surface area (Å²) < 4.78 is 9.96. The molecule has 0 bridgehead atoms. The number of rotatable bonds is 2. The molecule has 1 rings (SSSR count). The van der Waals surface area contributed by atoms with Crippen LogP contribution in [0.4, 0.5) is 0 Å². The van der Waals surface area contributed by atoms with Crippen molar-refractivity contribution in [1.29, 1.82) is 0 Å². The second-order valence-corrected chi connectivity index (χ2v) is 2.38. The highest BCUT2D eigenvalue weighted by atomic mass is 16.7. The number of carbonyl (C=O) groups excluding carboxylic acids is 1. The van der Waals surface area contributed by atoms with E-state index < -0.39 is 0 Å². The van der Waals surface area contributed by atoms with Gasteiger partial charge in [-0.25, -0.2) is 0 Å². The van der Waals surface area contributed by atoms with Gasteiger partial charge in [-0.15, -0.1) is 0 Å². The van der Waals surface area contributed by atoms with Crippen LogP contribution in [-0.2, 0) is 14.3 Å². The summed E-state index contributed by atoms with van der Waals surface area (Å²) in [7, 11) is 0. The molecule has 0 saturated heterocycles. The van der Waals surface area contributed by atoms with Crippen molar-refractivity contribution < 1.29 is 14.3 Å². The van der Waals surface area contributed by atoms with Gasteiger partial charge in [-0.3, -0.25) is 4.79 Å². The van der Waals surface area contributed by atoms with Crippen molar-refractivity contribution >= 4 is 5.78 Å². The third-order valence-electron chi connectivity index (χ3n) is 0.987. The van der Waals surface area contributed by atoms with E-state index in [9.17, 15) is 4.79 Å². The lowest BCUT2D eigenvalue weighted by Gasteiger charge is -2.08. The van der Waals surface area contributed by atoms with Gasteiger partial charge in [0.05, 0.1) is 12.2 Å². The molecule has 10 heavy (non-hydrogen) atoms. The molecular weight excluding hydrogens is 132 g/mol. The van der Waals surface area contributed by atoms with E-state index in [0.29, 0.717) is 5.95 Å². The summed E-state index contributed by atoms with van der Waals surface area (Å²) in [6.07, 6.45) is 1.44. The van der Waals surface area contributed by atoms with Crippen LogP contribution < -0.4 is 0 Å². The van der Waals surface area contributed by atoms with Gasteiger partial charge in [0.1, 0.15) is 0 Å². The van der Waals surface area contributed by atoms with Crippen molar-refractivity contribution in [3.63, 3.8) is 0 Å². The fourth-order valence-electron chi connectivity index (χ4n) is 0.657. The minimum Gasteiger partial charge on any atom is -0.463 e. The van der Waals surface area contributed by atoms with E-state index in [-0.39, 0.29) is 18.5 Å². The van der Waals surface area contributed by atoms with E-state index in [1.165, 1.54) is 6.08 Å². The topological polar surface area (TPSA) is 35.5 Å². The Labute approximate surface area is 59.6 Å². The maximum Gasteiger partial charge on any atom is 0.283 e. The van der Waals surface area contributed by atoms with Gasteiger partial charge in [0.25, 0.3) is 5.95 Å². The van der Waals surface area contributed by atoms with Crippen LogP contribution in [0.15, 0.2) is 12.0 Å². The SMILES string of the molecule is CC(C)OC1=CC(=O)CO1. The molecule has 3 heteroatoms. The number of hydrogen-bond donors (Lipinski definition) is 0. The first kappa shape index (κ1) is 7.12. The van der Waals surface area contributed by atoms with Crippen LogP contribution >= 0.6 is 0 Å². The molecule has 0 aromatic carbocycles. The van der Waals surface area contributed by atoms with Crippen LogP contribution in [0.1, 0.15) is 13.8 Å². The lowest BCUT2D eigenvalue weighted by molar-refractivity contribution is -0.116. The van der Waals surface area contributed by atoms with Gasteiger partial charge in [-0.05, 0) is 13.8 Å². The lowest BCUT2D eigenvalue weighted by Crippen LogP contribution is -2.02. The summed E-state index contributed by atoms with van der Waals surface area (Å²) in [5.41, 5.74) is 0. The average Bonchev–Trinajstić information content (AvgIpc) is 2.13. The molecule has 0 aromatic heterocycles. The van der Waals surface area contributed by atoms with Crippen LogP contribution in [0.5, 0.6) is 0 Å². The third-order valence-corrected chi connectivity index (χ3v) is 0.987. The lowest BCUT2D eigenvalue weighted by atomic mass is 10.4. The Morgan fingerprint density at radius 2 is 2.40 bits per heavy atom. The van der Waals surface area contributed by atoms with E-state index >= 15 is 0 Å². The molecule has 0 saturated carbocycles. The first-order chi connectivity index (χ1) is 4.68. The Kier molecular flexibility index (Phi) is 1.94. The molecule has 0 atom stereocenters. The van der Waals surface area contributed by atoms with Gasteiger partial charge in [-0.1, -0.05) is 0 Å². The monoisotopic (exact) mass is 142 g/mol. The van der Waals surface area contributed by atoms with E-state index in [4.69, 9.17) is 9.47 Å². The minimum atomic E-state index is -0.0318. The Hall–Kier alpha value is -0.990. The van der Waals surface area contributed by atoms with Crippen molar-refractivity contribution in [2.75, 3.05) is 6.61 Å². The van der Waals surface area contributed by atoms with Gasteiger partial charge >= 0.3 is 0 Å². The van der Waals surface area contributed by atoms with Crippen molar-refractivity contribution in [3.05, 3.63) is 12.0 Å². The fraction of sp³-hybridized carbons (Fsp3) is 0.571. The molecule has 0 aromatic rings. The second-order valence-electron chi connectivity index (χ2n) is 2.38. The summed E-state index contributed by atoms with van der Waals surface area (Å²) in [6.45, 7) is 3.89. The maximum atomic E-state index is 10.6. The van der Waals surface area contributed by atoms with Crippen LogP contribution in [0.2, 0.25) is 0 Å². The Morgan fingerprint density at radius 3 is 2.80 bits per heavy atom. The summed E-state index contributed by atoms with van der Waals surface area (Å²) in [4.78, 5) is 10.6. The predicted octanol–water partition coefficient (Wildman–Crippen LogP) is 0.852. The molecule has 0 radical (unpaired) electrons. The molecule has 1 aliphatic rings. The highest BCUT2D eigenvalue weighted by Gasteiger charge is 2.14. The first-order valence-corrected chi connectivity index (χ1v) is 3.22. The van der Waals surface area contributed by atoms with Gasteiger partial charge in [-0.2, -0.15) is 0 Å². The Balaban J connectivity index is 2.43. The number of ketones is 1. The molecule has 0 aliphatic carbocycles. The second kappa shape index (κ2) is 2.73. The van der Waals surface area contributed by atoms with Crippen LogP contribution in [0.3, 0.4) is 0 Å². The molecule has 0 amide bonds. The highest BCUT2D eigenvalue weighted by Crippen LogP contribution is 2.09. The van der Waals surface area contributed by atoms with Gasteiger partial charge in [0.15, 0.2) is 12.4 Å². The van der Waals surface area contributed by atoms with Crippen LogP contribution in [0, 0.1) is 0 Å². The van der Waals surface area contributed by atoms with Crippen molar-refractivity contribution in [3.8, 4) is 0 Å². The molecule has 0 fully saturated rings. The normalized spacial score (nSPS) is 17.1. The average molecular weight is 142 g/mol. The zero-order valence-electron chi connectivity index (χ0n) is 6.09. The van der Waals surface area contributed by atoms with E-state index in [0.717, 1.165) is 0 Å². The standard InChI is InChI=1S/C7H10O3/c1-5(2)10-7-3-6(8)4-9-7/h3,5H,4H2,1-2H3. The predicted molar refractivity (Wildman–Crippen MR) is 35.3 cm³/mol. The number of carbonyl (C=O) groups is 1. The summed E-state index contributed by atoms with van der Waals surface area (Å²) in [5, 5.41) is 0. The van der Waals surface area contributed by atoms with Crippen LogP contribution in [0.25, 0.3) is 0 Å². The molecule has 3 nitrogen and oxygen atoms in total. The molecule has 0 unspecified atom stereocenters. The molecule has 1 heterocycles. The largest absolute Gasteiger partial charge is 0.463 e. The van der Waals surface area contributed by atoms with Crippen molar-refractivity contribution in [2.24, 2.45) is 0 Å². The minimum absolute atomic E-state index is 0.0318. The maximum absolute atomic E-state index is 10.6.